The minimum Gasteiger partial charge on any atom is -0.504 e. The molecule has 0 spiro atoms. The summed E-state index contributed by atoms with van der Waals surface area (Å²) >= 11 is 0. The highest BCUT2D eigenvalue weighted by atomic mass is 16.3. The third-order valence-corrected chi connectivity index (χ3v) is 1.81. The van der Waals surface area contributed by atoms with Gasteiger partial charge in [0.25, 0.3) is 0 Å². The summed E-state index contributed by atoms with van der Waals surface area (Å²) in [5, 5.41) is 25.1. The Balaban J connectivity index is 0. The van der Waals surface area contributed by atoms with Gasteiger partial charge in [-0.15, -0.1) is 0 Å². The van der Waals surface area contributed by atoms with E-state index in [-0.39, 0.29) is 17.3 Å². The van der Waals surface area contributed by atoms with Crippen LogP contribution in [-0.4, -0.2) is 28.2 Å². The quantitative estimate of drug-likeness (QED) is 0.710. The van der Waals surface area contributed by atoms with Gasteiger partial charge in [-0.05, 0) is 31.0 Å². The molecule has 0 bridgehead atoms. The van der Waals surface area contributed by atoms with Crippen LogP contribution in [0.25, 0.3) is 0 Å². The Morgan fingerprint density at radius 3 is 2.06 bits per heavy atom. The molecule has 0 atom stereocenters. The Bertz CT molecular complexity index is 321. The van der Waals surface area contributed by atoms with Crippen LogP contribution in [0.4, 0.5) is 0 Å². The summed E-state index contributed by atoms with van der Waals surface area (Å²) in [6.45, 7) is 5.53. The molecular weight excluding hydrogens is 220 g/mol. The largest absolute Gasteiger partial charge is 0.504 e. The van der Waals surface area contributed by atoms with Crippen LogP contribution in [-0.2, 0) is 11.2 Å². The molecule has 1 aromatic rings. The minimum absolute atomic E-state index is 0.118. The van der Waals surface area contributed by atoms with E-state index in [1.54, 1.807) is 6.07 Å². The lowest BCUT2D eigenvalue weighted by Gasteiger charge is -2.01. The van der Waals surface area contributed by atoms with Crippen LogP contribution >= 0.6 is 0 Å². The highest BCUT2D eigenvalue weighted by Crippen LogP contribution is 2.25. The van der Waals surface area contributed by atoms with Gasteiger partial charge in [-0.1, -0.05) is 19.9 Å². The molecule has 0 aliphatic rings. The Kier molecular flexibility index (Phi) is 11.5. The maximum Gasteiger partial charge on any atom is 0.157 e. The second-order valence-corrected chi connectivity index (χ2v) is 3.03. The van der Waals surface area contributed by atoms with E-state index < -0.39 is 0 Å². The van der Waals surface area contributed by atoms with Crippen molar-refractivity contribution in [1.29, 1.82) is 0 Å². The Labute approximate surface area is 103 Å². The number of aryl methyl sites for hydroxylation is 1. The number of aliphatic hydroxyl groups excluding tert-OH is 1. The summed E-state index contributed by atoms with van der Waals surface area (Å²) < 4.78 is 0. The van der Waals surface area contributed by atoms with Gasteiger partial charge in [-0.25, -0.2) is 0 Å². The summed E-state index contributed by atoms with van der Waals surface area (Å²) in [6.07, 6.45) is 1.06. The molecule has 0 saturated carbocycles. The van der Waals surface area contributed by atoms with Crippen LogP contribution < -0.4 is 0 Å². The standard InChI is InChI=1S/C10H12O3.C2H6.CH4O/c1-7(11)2-3-8-4-5-9(12)10(13)6-8;2*1-2/h4-6,12-13H,2-3H2,1H3;1-2H3;2H,1H3. The molecule has 0 amide bonds. The lowest BCUT2D eigenvalue weighted by Crippen LogP contribution is -1.93. The van der Waals surface area contributed by atoms with Crippen LogP contribution in [0.15, 0.2) is 18.2 Å². The number of aliphatic hydroxyl groups is 1. The van der Waals surface area contributed by atoms with E-state index >= 15 is 0 Å². The number of phenolic OH excluding ortho intramolecular Hbond substituents is 2. The highest BCUT2D eigenvalue weighted by molar-refractivity contribution is 5.75. The third kappa shape index (κ3) is 8.28. The van der Waals surface area contributed by atoms with Crippen molar-refractivity contribution < 1.29 is 20.1 Å². The van der Waals surface area contributed by atoms with E-state index in [1.807, 2.05) is 13.8 Å². The fourth-order valence-electron chi connectivity index (χ4n) is 1.04. The van der Waals surface area contributed by atoms with Crippen LogP contribution in [0.1, 0.15) is 32.8 Å². The van der Waals surface area contributed by atoms with Crippen molar-refractivity contribution >= 4 is 5.78 Å². The molecule has 1 rings (SSSR count). The van der Waals surface area contributed by atoms with Crippen molar-refractivity contribution in [1.82, 2.24) is 0 Å². The summed E-state index contributed by atoms with van der Waals surface area (Å²) in [7, 11) is 1.00. The molecule has 17 heavy (non-hydrogen) atoms. The second-order valence-electron chi connectivity index (χ2n) is 3.03. The molecule has 0 heterocycles. The smallest absolute Gasteiger partial charge is 0.157 e. The van der Waals surface area contributed by atoms with Crippen molar-refractivity contribution in [2.24, 2.45) is 0 Å². The summed E-state index contributed by atoms with van der Waals surface area (Å²) in [4.78, 5) is 10.7. The molecule has 0 unspecified atom stereocenters. The molecule has 0 aliphatic heterocycles. The van der Waals surface area contributed by atoms with Crippen molar-refractivity contribution in [3.05, 3.63) is 23.8 Å². The molecule has 0 aromatic heterocycles. The minimum atomic E-state index is -0.138. The van der Waals surface area contributed by atoms with Gasteiger partial charge in [0.15, 0.2) is 11.5 Å². The van der Waals surface area contributed by atoms with Gasteiger partial charge in [0, 0.05) is 13.5 Å². The van der Waals surface area contributed by atoms with E-state index in [0.717, 1.165) is 12.7 Å². The van der Waals surface area contributed by atoms with Gasteiger partial charge in [-0.2, -0.15) is 0 Å². The maximum atomic E-state index is 10.7. The van der Waals surface area contributed by atoms with E-state index in [9.17, 15) is 4.79 Å². The molecule has 0 fully saturated rings. The van der Waals surface area contributed by atoms with Crippen molar-refractivity contribution in [3.63, 3.8) is 0 Å². The van der Waals surface area contributed by atoms with Crippen LogP contribution in [0.3, 0.4) is 0 Å². The molecular formula is C13H22O4. The van der Waals surface area contributed by atoms with E-state index in [2.05, 4.69) is 0 Å². The first kappa shape index (κ1) is 17.8. The van der Waals surface area contributed by atoms with Gasteiger partial charge in [0.05, 0.1) is 0 Å². The molecule has 0 radical (unpaired) electrons. The molecule has 0 saturated heterocycles. The fourth-order valence-corrected chi connectivity index (χ4v) is 1.04. The van der Waals surface area contributed by atoms with Crippen molar-refractivity contribution in [2.45, 2.75) is 33.6 Å². The number of hydrogen-bond donors (Lipinski definition) is 3. The predicted molar refractivity (Wildman–Crippen MR) is 68.3 cm³/mol. The van der Waals surface area contributed by atoms with E-state index in [4.69, 9.17) is 15.3 Å². The number of carbonyl (C=O) groups excluding carboxylic acids is 1. The first-order chi connectivity index (χ1) is 8.09. The van der Waals surface area contributed by atoms with Crippen LogP contribution in [0, 0.1) is 0 Å². The number of carbonyl (C=O) groups is 1. The monoisotopic (exact) mass is 242 g/mol. The van der Waals surface area contributed by atoms with Crippen LogP contribution in [0.5, 0.6) is 11.5 Å². The van der Waals surface area contributed by atoms with Gasteiger partial charge in [0.1, 0.15) is 5.78 Å². The molecule has 1 aromatic carbocycles. The maximum absolute atomic E-state index is 10.7. The molecule has 4 heteroatoms. The number of aromatic hydroxyl groups is 2. The highest BCUT2D eigenvalue weighted by Gasteiger charge is 2.01. The average Bonchev–Trinajstić information content (AvgIpc) is 2.36. The first-order valence-corrected chi connectivity index (χ1v) is 5.54. The average molecular weight is 242 g/mol. The third-order valence-electron chi connectivity index (χ3n) is 1.81. The lowest BCUT2D eigenvalue weighted by molar-refractivity contribution is -0.116. The van der Waals surface area contributed by atoms with Gasteiger partial charge in [-0.3, -0.25) is 0 Å². The first-order valence-electron chi connectivity index (χ1n) is 5.54. The van der Waals surface area contributed by atoms with E-state index in [1.165, 1.54) is 19.1 Å². The molecule has 98 valence electrons. The lowest BCUT2D eigenvalue weighted by atomic mass is 10.1. The predicted octanol–water partition coefficient (Wildman–Crippen LogP) is 2.25. The normalized spacial score (nSPS) is 8.29. The summed E-state index contributed by atoms with van der Waals surface area (Å²) in [5.41, 5.74) is 0.852. The second kappa shape index (κ2) is 11.0. The van der Waals surface area contributed by atoms with Gasteiger partial charge >= 0.3 is 0 Å². The number of phenols is 2. The summed E-state index contributed by atoms with van der Waals surface area (Å²) in [6, 6.07) is 4.58. The number of ketones is 1. The van der Waals surface area contributed by atoms with E-state index in [0.29, 0.717) is 12.8 Å². The molecule has 3 N–H and O–H groups in total. The zero-order chi connectivity index (χ0) is 13.8. The van der Waals surface area contributed by atoms with Crippen LogP contribution in [0.2, 0.25) is 0 Å². The molecule has 4 nitrogen and oxygen atoms in total. The van der Waals surface area contributed by atoms with Gasteiger partial charge in [0.2, 0.25) is 0 Å². The van der Waals surface area contributed by atoms with Crippen molar-refractivity contribution in [3.8, 4) is 11.5 Å². The Morgan fingerprint density at radius 1 is 1.12 bits per heavy atom. The Hall–Kier alpha value is -1.55. The zero-order valence-corrected chi connectivity index (χ0v) is 10.9. The number of rotatable bonds is 3. The zero-order valence-electron chi connectivity index (χ0n) is 10.9. The Morgan fingerprint density at radius 2 is 1.65 bits per heavy atom. The number of benzene rings is 1. The van der Waals surface area contributed by atoms with Crippen molar-refractivity contribution in [2.75, 3.05) is 7.11 Å². The topological polar surface area (TPSA) is 77.8 Å². The SMILES string of the molecule is CC.CC(=O)CCc1ccc(O)c(O)c1.CO. The fraction of sp³-hybridized carbons (Fsp3) is 0.462. The molecule has 0 aliphatic carbocycles. The van der Waals surface area contributed by atoms with Gasteiger partial charge < -0.3 is 20.1 Å². The summed E-state index contributed by atoms with van der Waals surface area (Å²) in [5.74, 6) is -0.153. The number of Topliss-reactive ketones (excluding diaryl/α,β-unsaturated/α-hetero) is 1. The number of hydrogen-bond acceptors (Lipinski definition) is 4.